The van der Waals surface area contributed by atoms with Gasteiger partial charge in [-0.1, -0.05) is 0 Å². The van der Waals surface area contributed by atoms with Crippen LogP contribution >= 0.6 is 0 Å². The molecule has 16 heavy (non-hydrogen) atoms. The van der Waals surface area contributed by atoms with Crippen molar-refractivity contribution in [3.8, 4) is 0 Å². The lowest BCUT2D eigenvalue weighted by molar-refractivity contribution is 0.103. The van der Waals surface area contributed by atoms with E-state index in [-0.39, 0.29) is 5.78 Å². The Balaban J connectivity index is 2.40. The van der Waals surface area contributed by atoms with E-state index >= 15 is 0 Å². The summed E-state index contributed by atoms with van der Waals surface area (Å²) in [6.07, 6.45) is 3.28. The van der Waals surface area contributed by atoms with Crippen LogP contribution in [0, 0.1) is 13.8 Å². The molecule has 0 spiro atoms. The van der Waals surface area contributed by atoms with E-state index in [0.717, 1.165) is 11.4 Å². The molecule has 2 heterocycles. The van der Waals surface area contributed by atoms with Crippen molar-refractivity contribution in [1.82, 2.24) is 9.97 Å². The van der Waals surface area contributed by atoms with E-state index in [1.807, 2.05) is 19.9 Å². The van der Waals surface area contributed by atoms with Gasteiger partial charge in [0.25, 0.3) is 0 Å². The summed E-state index contributed by atoms with van der Waals surface area (Å²) in [5.74, 6) is -0.0295. The maximum absolute atomic E-state index is 12.1. The van der Waals surface area contributed by atoms with Gasteiger partial charge < -0.3 is 0 Å². The van der Waals surface area contributed by atoms with Crippen molar-refractivity contribution >= 4 is 5.78 Å². The summed E-state index contributed by atoms with van der Waals surface area (Å²) in [7, 11) is 0. The number of hydrogen-bond acceptors (Lipinski definition) is 3. The van der Waals surface area contributed by atoms with Gasteiger partial charge in [-0.25, -0.2) is 0 Å². The molecular formula is C13H12N2O. The average Bonchev–Trinajstić information content (AvgIpc) is 2.30. The molecule has 2 rings (SSSR count). The van der Waals surface area contributed by atoms with Crippen LogP contribution in [-0.2, 0) is 0 Å². The number of carbonyl (C=O) groups excluding carboxylic acids is 1. The van der Waals surface area contributed by atoms with Crippen LogP contribution in [0.5, 0.6) is 0 Å². The van der Waals surface area contributed by atoms with E-state index in [0.29, 0.717) is 11.1 Å². The lowest BCUT2D eigenvalue weighted by atomic mass is 10.0. The second kappa shape index (κ2) is 4.23. The van der Waals surface area contributed by atoms with Gasteiger partial charge in [-0.2, -0.15) is 0 Å². The predicted molar refractivity (Wildman–Crippen MR) is 61.4 cm³/mol. The van der Waals surface area contributed by atoms with Crippen LogP contribution in [-0.4, -0.2) is 15.8 Å². The number of rotatable bonds is 2. The Hall–Kier alpha value is -2.03. The van der Waals surface area contributed by atoms with Crippen LogP contribution in [0.4, 0.5) is 0 Å². The van der Waals surface area contributed by atoms with Crippen molar-refractivity contribution in [2.75, 3.05) is 0 Å². The molecule has 0 bridgehead atoms. The molecule has 0 aliphatic rings. The fraction of sp³-hybridized carbons (Fsp3) is 0.154. The van der Waals surface area contributed by atoms with E-state index in [2.05, 4.69) is 9.97 Å². The first-order valence-electron chi connectivity index (χ1n) is 5.07. The summed E-state index contributed by atoms with van der Waals surface area (Å²) >= 11 is 0. The number of aryl methyl sites for hydroxylation is 2. The second-order valence-corrected chi connectivity index (χ2v) is 3.65. The van der Waals surface area contributed by atoms with Gasteiger partial charge >= 0.3 is 0 Å². The van der Waals surface area contributed by atoms with E-state index in [9.17, 15) is 4.79 Å². The molecule has 0 amide bonds. The largest absolute Gasteiger partial charge is 0.288 e. The highest BCUT2D eigenvalue weighted by atomic mass is 16.1. The van der Waals surface area contributed by atoms with Crippen LogP contribution in [0.15, 0.2) is 36.7 Å². The second-order valence-electron chi connectivity index (χ2n) is 3.65. The topological polar surface area (TPSA) is 42.9 Å². The molecule has 2 aromatic rings. The van der Waals surface area contributed by atoms with Gasteiger partial charge in [0.05, 0.1) is 0 Å². The molecule has 0 aliphatic carbocycles. The summed E-state index contributed by atoms with van der Waals surface area (Å²) in [6, 6.07) is 7.17. The normalized spacial score (nSPS) is 10.1. The van der Waals surface area contributed by atoms with Gasteiger partial charge in [-0.15, -0.1) is 0 Å². The van der Waals surface area contributed by atoms with Crippen molar-refractivity contribution in [3.05, 3.63) is 59.2 Å². The number of pyridine rings is 2. The molecule has 3 nitrogen and oxygen atoms in total. The van der Waals surface area contributed by atoms with Gasteiger partial charge in [0.2, 0.25) is 0 Å². The fourth-order valence-electron chi connectivity index (χ4n) is 1.48. The van der Waals surface area contributed by atoms with Crippen molar-refractivity contribution < 1.29 is 4.79 Å². The van der Waals surface area contributed by atoms with Gasteiger partial charge in [0.15, 0.2) is 5.78 Å². The third-order valence-corrected chi connectivity index (χ3v) is 2.43. The number of hydrogen-bond donors (Lipinski definition) is 0. The van der Waals surface area contributed by atoms with Gasteiger partial charge in [0.1, 0.15) is 0 Å². The van der Waals surface area contributed by atoms with E-state index in [1.165, 1.54) is 0 Å². The Bertz CT molecular complexity index is 518. The van der Waals surface area contributed by atoms with Crippen molar-refractivity contribution in [3.63, 3.8) is 0 Å². The number of ketones is 1. The molecule has 3 heteroatoms. The Morgan fingerprint density at radius 3 is 2.56 bits per heavy atom. The van der Waals surface area contributed by atoms with E-state index in [4.69, 9.17) is 0 Å². The predicted octanol–water partition coefficient (Wildman–Crippen LogP) is 2.32. The van der Waals surface area contributed by atoms with Gasteiger partial charge in [-0.3, -0.25) is 14.8 Å². The average molecular weight is 212 g/mol. The first-order valence-corrected chi connectivity index (χ1v) is 5.07. The maximum atomic E-state index is 12.1. The molecule has 0 saturated carbocycles. The molecule has 0 aliphatic heterocycles. The lowest BCUT2D eigenvalue weighted by Gasteiger charge is -2.03. The Labute approximate surface area is 94.2 Å². The molecule has 0 radical (unpaired) electrons. The highest BCUT2D eigenvalue weighted by Crippen LogP contribution is 2.11. The van der Waals surface area contributed by atoms with Gasteiger partial charge in [-0.05, 0) is 38.1 Å². The minimum atomic E-state index is -0.0295. The molecule has 0 aromatic carbocycles. The summed E-state index contributed by atoms with van der Waals surface area (Å²) in [4.78, 5) is 20.3. The molecule has 0 unspecified atom stereocenters. The minimum Gasteiger partial charge on any atom is -0.288 e. The standard InChI is InChI=1S/C13H12N2O/c1-9-5-6-11(8-15-9)13(16)12-4-3-7-14-10(12)2/h3-8H,1-2H3. The third-order valence-electron chi connectivity index (χ3n) is 2.43. The smallest absolute Gasteiger partial charge is 0.196 e. The van der Waals surface area contributed by atoms with E-state index < -0.39 is 0 Å². The van der Waals surface area contributed by atoms with Crippen molar-refractivity contribution in [2.45, 2.75) is 13.8 Å². The fourth-order valence-corrected chi connectivity index (χ4v) is 1.48. The van der Waals surface area contributed by atoms with E-state index in [1.54, 1.807) is 30.6 Å². The quantitative estimate of drug-likeness (QED) is 0.717. The van der Waals surface area contributed by atoms with Crippen LogP contribution in [0.3, 0.4) is 0 Å². The maximum Gasteiger partial charge on any atom is 0.196 e. The van der Waals surface area contributed by atoms with Gasteiger partial charge in [0, 0.05) is 34.9 Å². The molecule has 0 fully saturated rings. The number of carbonyl (C=O) groups is 1. The minimum absolute atomic E-state index is 0.0295. The molecular weight excluding hydrogens is 200 g/mol. The first kappa shape index (κ1) is 10.5. The van der Waals surface area contributed by atoms with Crippen LogP contribution in [0.25, 0.3) is 0 Å². The molecule has 2 aromatic heterocycles. The summed E-state index contributed by atoms with van der Waals surface area (Å²) < 4.78 is 0. The Morgan fingerprint density at radius 1 is 1.12 bits per heavy atom. The number of aromatic nitrogens is 2. The van der Waals surface area contributed by atoms with Crippen LogP contribution < -0.4 is 0 Å². The zero-order valence-corrected chi connectivity index (χ0v) is 9.27. The number of nitrogens with zero attached hydrogens (tertiary/aromatic N) is 2. The van der Waals surface area contributed by atoms with Crippen molar-refractivity contribution in [1.29, 1.82) is 0 Å². The molecule has 0 saturated heterocycles. The summed E-state index contributed by atoms with van der Waals surface area (Å²) in [5, 5.41) is 0. The lowest BCUT2D eigenvalue weighted by Crippen LogP contribution is -2.05. The Morgan fingerprint density at radius 2 is 1.94 bits per heavy atom. The molecule has 80 valence electrons. The zero-order chi connectivity index (χ0) is 11.5. The highest BCUT2D eigenvalue weighted by Gasteiger charge is 2.11. The van der Waals surface area contributed by atoms with Crippen molar-refractivity contribution in [2.24, 2.45) is 0 Å². The zero-order valence-electron chi connectivity index (χ0n) is 9.27. The Kier molecular flexibility index (Phi) is 2.77. The third kappa shape index (κ3) is 1.98. The summed E-state index contributed by atoms with van der Waals surface area (Å²) in [6.45, 7) is 3.72. The SMILES string of the molecule is Cc1ccc(C(=O)c2cccnc2C)cn1. The summed E-state index contributed by atoms with van der Waals surface area (Å²) in [5.41, 5.74) is 2.88. The first-order chi connectivity index (χ1) is 7.68. The molecule has 0 atom stereocenters. The van der Waals surface area contributed by atoms with Crippen LogP contribution in [0.1, 0.15) is 27.3 Å². The molecule has 0 N–H and O–H groups in total. The van der Waals surface area contributed by atoms with Crippen LogP contribution in [0.2, 0.25) is 0 Å². The monoisotopic (exact) mass is 212 g/mol. The highest BCUT2D eigenvalue weighted by molar-refractivity contribution is 6.09.